The Labute approximate surface area is 222 Å². The number of ether oxygens (including phenoxy) is 1. The lowest BCUT2D eigenvalue weighted by molar-refractivity contribution is 0.114. The number of rotatable bonds is 10. The van der Waals surface area contributed by atoms with Gasteiger partial charge in [-0.3, -0.25) is 0 Å². The maximum absolute atomic E-state index is 9.95. The van der Waals surface area contributed by atoms with Gasteiger partial charge in [0.25, 0.3) is 0 Å². The zero-order chi connectivity index (χ0) is 26.6. The van der Waals surface area contributed by atoms with Crippen molar-refractivity contribution in [1.82, 2.24) is 4.90 Å². The third kappa shape index (κ3) is 6.65. The molecule has 0 amide bonds. The van der Waals surface area contributed by atoms with Crippen LogP contribution < -0.4 is 9.64 Å². The first-order valence-corrected chi connectivity index (χ1v) is 13.3. The van der Waals surface area contributed by atoms with E-state index in [1.54, 1.807) is 6.07 Å². The van der Waals surface area contributed by atoms with E-state index in [0.29, 0.717) is 24.8 Å². The molecule has 1 aliphatic rings. The van der Waals surface area contributed by atoms with Crippen molar-refractivity contribution >= 4 is 5.69 Å². The highest BCUT2D eigenvalue weighted by atomic mass is 16.5. The molecule has 5 heteroatoms. The predicted octanol–water partition coefficient (Wildman–Crippen LogP) is 5.69. The zero-order valence-electron chi connectivity index (χ0n) is 23.0. The monoisotopic (exact) mass is 502 g/mol. The van der Waals surface area contributed by atoms with Gasteiger partial charge < -0.3 is 24.7 Å². The van der Waals surface area contributed by atoms with E-state index in [1.165, 1.54) is 33.5 Å². The molecule has 198 valence electrons. The van der Waals surface area contributed by atoms with E-state index < -0.39 is 0 Å². The molecule has 1 atom stereocenters. The molecule has 0 unspecified atom stereocenters. The summed E-state index contributed by atoms with van der Waals surface area (Å²) >= 11 is 0. The van der Waals surface area contributed by atoms with E-state index in [1.807, 2.05) is 18.2 Å². The Morgan fingerprint density at radius 3 is 2.43 bits per heavy atom. The second-order valence-electron chi connectivity index (χ2n) is 11.2. The normalized spacial score (nSPS) is 15.5. The molecule has 5 nitrogen and oxygen atoms in total. The zero-order valence-corrected chi connectivity index (χ0v) is 23.0. The van der Waals surface area contributed by atoms with Gasteiger partial charge in [0.15, 0.2) is 0 Å². The summed E-state index contributed by atoms with van der Waals surface area (Å²) in [7, 11) is 4.14. The molecule has 0 spiro atoms. The molecule has 0 fully saturated rings. The van der Waals surface area contributed by atoms with Gasteiger partial charge in [-0.15, -0.1) is 0 Å². The molecule has 0 aromatic heterocycles. The van der Waals surface area contributed by atoms with Crippen molar-refractivity contribution in [3.63, 3.8) is 0 Å². The van der Waals surface area contributed by atoms with Crippen LogP contribution in [0.4, 0.5) is 5.69 Å². The smallest absolute Gasteiger partial charge is 0.119 e. The molecule has 37 heavy (non-hydrogen) atoms. The van der Waals surface area contributed by atoms with Crippen molar-refractivity contribution in [2.45, 2.75) is 58.0 Å². The van der Waals surface area contributed by atoms with E-state index in [0.717, 1.165) is 31.6 Å². The fourth-order valence-electron chi connectivity index (χ4n) is 4.99. The fraction of sp³-hybridized carbons (Fsp3) is 0.438. The van der Waals surface area contributed by atoms with Crippen LogP contribution in [0.25, 0.3) is 0 Å². The van der Waals surface area contributed by atoms with Crippen LogP contribution in [-0.2, 0) is 19.4 Å². The number of anilines is 1. The number of aromatic hydroxyl groups is 1. The first-order valence-electron chi connectivity index (χ1n) is 13.3. The van der Waals surface area contributed by atoms with E-state index in [-0.39, 0.29) is 12.1 Å². The van der Waals surface area contributed by atoms with Crippen molar-refractivity contribution in [3.05, 3.63) is 88.5 Å². The van der Waals surface area contributed by atoms with Gasteiger partial charge in [-0.1, -0.05) is 30.3 Å². The minimum atomic E-state index is -0.0435. The summed E-state index contributed by atoms with van der Waals surface area (Å²) in [6.45, 7) is 8.48. The highest BCUT2D eigenvalue weighted by Crippen LogP contribution is 2.39. The lowest BCUT2D eigenvalue weighted by Crippen LogP contribution is -2.43. The number of hydrogen-bond donors (Lipinski definition) is 2. The summed E-state index contributed by atoms with van der Waals surface area (Å²) in [5, 5.41) is 19.8. The van der Waals surface area contributed by atoms with Gasteiger partial charge in [-0.2, -0.15) is 0 Å². The Morgan fingerprint density at radius 2 is 1.73 bits per heavy atom. The third-order valence-corrected chi connectivity index (χ3v) is 7.85. The van der Waals surface area contributed by atoms with Gasteiger partial charge >= 0.3 is 0 Å². The second-order valence-corrected chi connectivity index (χ2v) is 11.2. The lowest BCUT2D eigenvalue weighted by Gasteiger charge is -2.32. The standard InChI is InChI=1S/C32H42N2O3/c1-23-6-15-30(27-10-9-26-20-28(36)12-11-25(26)19-27)31(18-23)34(16-17-35)21-24-7-13-29(14-8-24)37-22-32(2,3)33(4)5/h6-8,11-15,18,20,27,35-36H,9-10,16-17,19,21-22H2,1-5H3/t27-/m1/s1. The molecule has 0 saturated carbocycles. The summed E-state index contributed by atoms with van der Waals surface area (Å²) < 4.78 is 6.06. The van der Waals surface area contributed by atoms with Gasteiger partial charge in [-0.05, 0) is 118 Å². The molecule has 1 aliphatic carbocycles. The number of phenols is 1. The minimum absolute atomic E-state index is 0.0435. The number of aliphatic hydroxyl groups is 1. The average Bonchev–Trinajstić information content (AvgIpc) is 2.87. The molecule has 0 aliphatic heterocycles. The number of likely N-dealkylation sites (N-methyl/N-ethyl adjacent to an activating group) is 1. The molecule has 4 rings (SSSR count). The molecule has 3 aromatic carbocycles. The number of hydrogen-bond acceptors (Lipinski definition) is 5. The summed E-state index contributed by atoms with van der Waals surface area (Å²) in [5.74, 6) is 1.63. The fourth-order valence-corrected chi connectivity index (χ4v) is 4.99. The van der Waals surface area contributed by atoms with E-state index >= 15 is 0 Å². The Morgan fingerprint density at radius 1 is 0.973 bits per heavy atom. The van der Waals surface area contributed by atoms with Crippen molar-refractivity contribution in [2.75, 3.05) is 38.8 Å². The van der Waals surface area contributed by atoms with E-state index in [9.17, 15) is 10.2 Å². The Balaban J connectivity index is 1.53. The van der Waals surface area contributed by atoms with Crippen molar-refractivity contribution in [1.29, 1.82) is 0 Å². The van der Waals surface area contributed by atoms with Crippen LogP contribution in [0.15, 0.2) is 60.7 Å². The number of fused-ring (bicyclic) bond motifs is 1. The van der Waals surface area contributed by atoms with Crippen LogP contribution in [0.5, 0.6) is 11.5 Å². The third-order valence-electron chi connectivity index (χ3n) is 7.85. The van der Waals surface area contributed by atoms with Crippen molar-refractivity contribution in [2.24, 2.45) is 0 Å². The van der Waals surface area contributed by atoms with Crippen LogP contribution in [0.2, 0.25) is 0 Å². The van der Waals surface area contributed by atoms with Gasteiger partial charge in [0.05, 0.1) is 6.61 Å². The van der Waals surface area contributed by atoms with E-state index in [4.69, 9.17) is 4.74 Å². The van der Waals surface area contributed by atoms with Gasteiger partial charge in [0.1, 0.15) is 18.1 Å². The topological polar surface area (TPSA) is 56.2 Å². The Kier molecular flexibility index (Phi) is 8.46. The van der Waals surface area contributed by atoms with E-state index in [2.05, 4.69) is 81.1 Å². The Hall–Kier alpha value is -3.02. The van der Waals surface area contributed by atoms with Crippen molar-refractivity contribution < 1.29 is 14.9 Å². The molecule has 2 N–H and O–H groups in total. The largest absolute Gasteiger partial charge is 0.508 e. The molecular formula is C32H42N2O3. The maximum atomic E-state index is 9.95. The molecule has 0 saturated heterocycles. The number of phenolic OH excluding ortho intramolecular Hbond substituents is 1. The quantitative estimate of drug-likeness (QED) is 0.373. The van der Waals surface area contributed by atoms with Crippen LogP contribution in [0, 0.1) is 6.92 Å². The molecule has 0 radical (unpaired) electrons. The van der Waals surface area contributed by atoms with Crippen LogP contribution in [0.1, 0.15) is 54.0 Å². The SMILES string of the molecule is Cc1ccc([C@@H]2CCc3cc(O)ccc3C2)c(N(CCO)Cc2ccc(OCC(C)(C)N(C)C)cc2)c1. The van der Waals surface area contributed by atoms with Gasteiger partial charge in [0.2, 0.25) is 0 Å². The van der Waals surface area contributed by atoms with Crippen LogP contribution in [-0.4, -0.2) is 54.5 Å². The molecular weight excluding hydrogens is 460 g/mol. The summed E-state index contributed by atoms with van der Waals surface area (Å²) in [4.78, 5) is 4.47. The minimum Gasteiger partial charge on any atom is -0.508 e. The Bertz CT molecular complexity index is 1190. The highest BCUT2D eigenvalue weighted by molar-refractivity contribution is 5.58. The second kappa shape index (κ2) is 11.6. The highest BCUT2D eigenvalue weighted by Gasteiger charge is 2.25. The van der Waals surface area contributed by atoms with Gasteiger partial charge in [0, 0.05) is 24.3 Å². The summed E-state index contributed by atoms with van der Waals surface area (Å²) in [6, 6.07) is 20.8. The maximum Gasteiger partial charge on any atom is 0.119 e. The molecule has 0 heterocycles. The number of aliphatic hydroxyl groups excluding tert-OH is 1. The predicted molar refractivity (Wildman–Crippen MR) is 152 cm³/mol. The van der Waals surface area contributed by atoms with Crippen LogP contribution >= 0.6 is 0 Å². The lowest BCUT2D eigenvalue weighted by atomic mass is 9.79. The van der Waals surface area contributed by atoms with Gasteiger partial charge in [-0.25, -0.2) is 0 Å². The first-order chi connectivity index (χ1) is 17.7. The summed E-state index contributed by atoms with van der Waals surface area (Å²) in [6.07, 6.45) is 2.98. The van der Waals surface area contributed by atoms with Crippen LogP contribution in [0.3, 0.4) is 0 Å². The number of nitrogens with zero attached hydrogens (tertiary/aromatic N) is 2. The average molecular weight is 503 g/mol. The first kappa shape index (κ1) is 27.0. The summed E-state index contributed by atoms with van der Waals surface area (Å²) in [5.41, 5.74) is 7.48. The number of aryl methyl sites for hydroxylation is 2. The van der Waals surface area contributed by atoms with Crippen molar-refractivity contribution in [3.8, 4) is 11.5 Å². The molecule has 0 bridgehead atoms. The number of benzene rings is 3. The molecule has 3 aromatic rings.